The van der Waals surface area contributed by atoms with Gasteiger partial charge in [-0.15, -0.1) is 0 Å². The second kappa shape index (κ2) is 11.3. The third-order valence-electron chi connectivity index (χ3n) is 5.02. The second-order valence-electron chi connectivity index (χ2n) is 6.96. The SMILES string of the molecule is CCC(C)C(=O)c1ccc(OC2CCN(CCOCCOC)CC2)cc1. The fraction of sp³-hybridized carbons (Fsp3) is 0.667. The van der Waals surface area contributed by atoms with Crippen LogP contribution in [0.3, 0.4) is 0 Å². The molecule has 1 aromatic carbocycles. The van der Waals surface area contributed by atoms with Gasteiger partial charge in [0, 0.05) is 38.2 Å². The molecule has 5 nitrogen and oxygen atoms in total. The standard InChI is InChI=1S/C21H33NO4/c1-4-17(2)21(23)18-5-7-19(8-6-18)26-20-9-11-22(12-10-20)13-14-25-16-15-24-3/h5-8,17,20H,4,9-16H2,1-3H3. The van der Waals surface area contributed by atoms with Crippen LogP contribution in [0.4, 0.5) is 0 Å². The first-order valence-corrected chi connectivity index (χ1v) is 9.74. The van der Waals surface area contributed by atoms with E-state index in [0.717, 1.165) is 56.8 Å². The Balaban J connectivity index is 1.70. The Kier molecular flexibility index (Phi) is 9.09. The molecule has 1 aliphatic heterocycles. The lowest BCUT2D eigenvalue weighted by molar-refractivity contribution is 0.0424. The Bertz CT molecular complexity index is 523. The molecule has 1 atom stereocenters. The van der Waals surface area contributed by atoms with Gasteiger partial charge in [-0.25, -0.2) is 0 Å². The molecule has 1 aromatic rings. The lowest BCUT2D eigenvalue weighted by Crippen LogP contribution is -2.39. The van der Waals surface area contributed by atoms with Crippen molar-refractivity contribution in [2.75, 3.05) is 46.6 Å². The molecular weight excluding hydrogens is 330 g/mol. The molecule has 0 amide bonds. The van der Waals surface area contributed by atoms with E-state index in [2.05, 4.69) is 4.90 Å². The van der Waals surface area contributed by atoms with Crippen LogP contribution in [-0.2, 0) is 9.47 Å². The van der Waals surface area contributed by atoms with Crippen molar-refractivity contribution in [1.82, 2.24) is 4.90 Å². The second-order valence-corrected chi connectivity index (χ2v) is 6.96. The van der Waals surface area contributed by atoms with E-state index < -0.39 is 0 Å². The van der Waals surface area contributed by atoms with Crippen LogP contribution in [0.2, 0.25) is 0 Å². The molecule has 1 fully saturated rings. The minimum Gasteiger partial charge on any atom is -0.490 e. The van der Waals surface area contributed by atoms with Crippen molar-refractivity contribution in [1.29, 1.82) is 0 Å². The molecule has 0 aliphatic carbocycles. The van der Waals surface area contributed by atoms with Crippen molar-refractivity contribution in [3.05, 3.63) is 29.8 Å². The van der Waals surface area contributed by atoms with E-state index in [9.17, 15) is 4.79 Å². The topological polar surface area (TPSA) is 48.0 Å². The maximum Gasteiger partial charge on any atom is 0.165 e. The number of methoxy groups -OCH3 is 1. The average Bonchev–Trinajstić information content (AvgIpc) is 2.68. The van der Waals surface area contributed by atoms with Gasteiger partial charge in [0.05, 0.1) is 19.8 Å². The van der Waals surface area contributed by atoms with E-state index in [1.807, 2.05) is 38.1 Å². The molecule has 0 N–H and O–H groups in total. The fourth-order valence-electron chi connectivity index (χ4n) is 3.05. The molecule has 0 aromatic heterocycles. The van der Waals surface area contributed by atoms with E-state index >= 15 is 0 Å². The van der Waals surface area contributed by atoms with Gasteiger partial charge in [-0.1, -0.05) is 13.8 Å². The number of ether oxygens (including phenoxy) is 3. The van der Waals surface area contributed by atoms with Gasteiger partial charge in [-0.3, -0.25) is 4.79 Å². The van der Waals surface area contributed by atoms with Crippen LogP contribution in [0, 0.1) is 5.92 Å². The smallest absolute Gasteiger partial charge is 0.165 e. The molecule has 0 spiro atoms. The number of hydrogen-bond donors (Lipinski definition) is 0. The molecule has 1 unspecified atom stereocenters. The number of carbonyl (C=O) groups excluding carboxylic acids is 1. The number of likely N-dealkylation sites (tertiary alicyclic amines) is 1. The Morgan fingerprint density at radius 3 is 2.46 bits per heavy atom. The van der Waals surface area contributed by atoms with Gasteiger partial charge in [-0.2, -0.15) is 0 Å². The van der Waals surface area contributed by atoms with Crippen molar-refractivity contribution in [2.24, 2.45) is 5.92 Å². The summed E-state index contributed by atoms with van der Waals surface area (Å²) < 4.78 is 16.6. The maximum absolute atomic E-state index is 12.2. The normalized spacial score (nSPS) is 17.2. The molecule has 0 radical (unpaired) electrons. The first-order chi connectivity index (χ1) is 12.6. The van der Waals surface area contributed by atoms with E-state index in [4.69, 9.17) is 14.2 Å². The average molecular weight is 363 g/mol. The van der Waals surface area contributed by atoms with E-state index in [0.29, 0.717) is 13.2 Å². The van der Waals surface area contributed by atoms with Crippen LogP contribution in [0.1, 0.15) is 43.5 Å². The number of Topliss-reactive ketones (excluding diaryl/α,β-unsaturated/α-hetero) is 1. The van der Waals surface area contributed by atoms with Crippen LogP contribution >= 0.6 is 0 Å². The summed E-state index contributed by atoms with van der Waals surface area (Å²) in [6.07, 6.45) is 3.15. The predicted octanol–water partition coefficient (Wildman–Crippen LogP) is 3.42. The predicted molar refractivity (Wildman–Crippen MR) is 103 cm³/mol. The summed E-state index contributed by atoms with van der Waals surface area (Å²) >= 11 is 0. The van der Waals surface area contributed by atoms with Crippen molar-refractivity contribution in [2.45, 2.75) is 39.2 Å². The number of benzene rings is 1. The fourth-order valence-corrected chi connectivity index (χ4v) is 3.05. The molecular formula is C21H33NO4. The zero-order valence-electron chi connectivity index (χ0n) is 16.4. The number of piperidine rings is 1. The van der Waals surface area contributed by atoms with Gasteiger partial charge in [0.2, 0.25) is 0 Å². The quantitative estimate of drug-likeness (QED) is 0.445. The third kappa shape index (κ3) is 6.71. The van der Waals surface area contributed by atoms with Gasteiger partial charge in [0.1, 0.15) is 11.9 Å². The zero-order valence-corrected chi connectivity index (χ0v) is 16.4. The van der Waals surface area contributed by atoms with Crippen molar-refractivity contribution in [3.63, 3.8) is 0 Å². The van der Waals surface area contributed by atoms with Crippen molar-refractivity contribution in [3.8, 4) is 5.75 Å². The number of hydrogen-bond acceptors (Lipinski definition) is 5. The van der Waals surface area contributed by atoms with Crippen molar-refractivity contribution >= 4 is 5.78 Å². The Morgan fingerprint density at radius 2 is 1.85 bits per heavy atom. The summed E-state index contributed by atoms with van der Waals surface area (Å²) in [6.45, 7) is 9.10. The van der Waals surface area contributed by atoms with Crippen LogP contribution in [0.5, 0.6) is 5.75 Å². The Hall–Kier alpha value is -1.43. The molecule has 146 valence electrons. The van der Waals surface area contributed by atoms with Crippen LogP contribution in [-0.4, -0.2) is 63.4 Å². The number of ketones is 1. The van der Waals surface area contributed by atoms with Gasteiger partial charge in [0.25, 0.3) is 0 Å². The lowest BCUT2D eigenvalue weighted by atomic mass is 9.97. The summed E-state index contributed by atoms with van der Waals surface area (Å²) in [7, 11) is 1.69. The largest absolute Gasteiger partial charge is 0.490 e. The summed E-state index contributed by atoms with van der Waals surface area (Å²) in [5.74, 6) is 1.14. The molecule has 0 bridgehead atoms. The monoisotopic (exact) mass is 363 g/mol. The van der Waals surface area contributed by atoms with Crippen molar-refractivity contribution < 1.29 is 19.0 Å². The highest BCUT2D eigenvalue weighted by molar-refractivity contribution is 5.97. The summed E-state index contributed by atoms with van der Waals surface area (Å²) in [6, 6.07) is 7.61. The molecule has 5 heteroatoms. The minimum absolute atomic E-state index is 0.0737. The molecule has 1 aliphatic rings. The molecule has 1 heterocycles. The van der Waals surface area contributed by atoms with E-state index in [1.54, 1.807) is 7.11 Å². The van der Waals surface area contributed by atoms with Gasteiger partial charge in [-0.05, 0) is 43.5 Å². The molecule has 26 heavy (non-hydrogen) atoms. The first-order valence-electron chi connectivity index (χ1n) is 9.74. The lowest BCUT2D eigenvalue weighted by Gasteiger charge is -2.32. The molecule has 1 saturated heterocycles. The summed E-state index contributed by atoms with van der Waals surface area (Å²) in [4.78, 5) is 14.6. The first kappa shape index (κ1) is 20.9. The van der Waals surface area contributed by atoms with Crippen LogP contribution < -0.4 is 4.74 Å². The van der Waals surface area contributed by atoms with Crippen LogP contribution in [0.25, 0.3) is 0 Å². The highest BCUT2D eigenvalue weighted by atomic mass is 16.5. The third-order valence-corrected chi connectivity index (χ3v) is 5.02. The van der Waals surface area contributed by atoms with Gasteiger partial charge >= 0.3 is 0 Å². The highest BCUT2D eigenvalue weighted by Gasteiger charge is 2.20. The maximum atomic E-state index is 12.2. The van der Waals surface area contributed by atoms with E-state index in [1.165, 1.54) is 0 Å². The summed E-state index contributed by atoms with van der Waals surface area (Å²) in [5.41, 5.74) is 0.773. The Morgan fingerprint density at radius 1 is 1.15 bits per heavy atom. The highest BCUT2D eigenvalue weighted by Crippen LogP contribution is 2.21. The minimum atomic E-state index is 0.0737. The van der Waals surface area contributed by atoms with E-state index in [-0.39, 0.29) is 17.8 Å². The number of rotatable bonds is 11. The zero-order chi connectivity index (χ0) is 18.8. The number of nitrogens with zero attached hydrogens (tertiary/aromatic N) is 1. The molecule has 0 saturated carbocycles. The number of carbonyl (C=O) groups is 1. The molecule has 2 rings (SSSR count). The van der Waals surface area contributed by atoms with Crippen LogP contribution in [0.15, 0.2) is 24.3 Å². The van der Waals surface area contributed by atoms with Gasteiger partial charge in [0.15, 0.2) is 5.78 Å². The Labute approximate surface area is 157 Å². The van der Waals surface area contributed by atoms with Gasteiger partial charge < -0.3 is 19.1 Å². The summed E-state index contributed by atoms with van der Waals surface area (Å²) in [5, 5.41) is 0.